The number of hydrogen-bond acceptors (Lipinski definition) is 8. The van der Waals surface area contributed by atoms with Gasteiger partial charge in [-0.05, 0) is 12.8 Å². The Bertz CT molecular complexity index is 393. The van der Waals surface area contributed by atoms with Gasteiger partial charge in [0, 0.05) is 26.7 Å². The van der Waals surface area contributed by atoms with Crippen LogP contribution in [0.15, 0.2) is 4.42 Å². The summed E-state index contributed by atoms with van der Waals surface area (Å²) < 4.78 is 16.1. The zero-order chi connectivity index (χ0) is 14.9. The first-order valence-corrected chi connectivity index (χ1v) is 7.33. The molecule has 1 aromatic heterocycles. The fourth-order valence-corrected chi connectivity index (χ4v) is 2.25. The van der Waals surface area contributed by atoms with Crippen molar-refractivity contribution in [3.05, 3.63) is 5.89 Å². The van der Waals surface area contributed by atoms with Crippen molar-refractivity contribution in [2.75, 3.05) is 51.5 Å². The lowest BCUT2D eigenvalue weighted by Gasteiger charge is -2.30. The molecule has 8 heteroatoms. The Morgan fingerprint density at radius 2 is 2.14 bits per heavy atom. The van der Waals surface area contributed by atoms with E-state index in [4.69, 9.17) is 19.0 Å². The van der Waals surface area contributed by atoms with Gasteiger partial charge in [0.25, 0.3) is 0 Å². The van der Waals surface area contributed by atoms with E-state index in [2.05, 4.69) is 20.4 Å². The number of aliphatic hydroxyl groups is 1. The third kappa shape index (κ3) is 5.24. The number of anilines is 1. The van der Waals surface area contributed by atoms with Crippen molar-refractivity contribution in [3.8, 4) is 0 Å². The van der Waals surface area contributed by atoms with Crippen molar-refractivity contribution < 1.29 is 19.0 Å². The van der Waals surface area contributed by atoms with E-state index < -0.39 is 0 Å². The number of hydrogen-bond donors (Lipinski definition) is 2. The molecule has 0 unspecified atom stereocenters. The number of aromatic nitrogens is 2. The second kappa shape index (κ2) is 8.93. The SMILES string of the molecule is COCCNCc1nnc(N2CCC(OCCO)CC2)o1. The molecule has 0 saturated carbocycles. The van der Waals surface area contributed by atoms with Crippen LogP contribution in [0, 0.1) is 0 Å². The van der Waals surface area contributed by atoms with Crippen molar-refractivity contribution in [2.24, 2.45) is 0 Å². The molecule has 0 bridgehead atoms. The Balaban J connectivity index is 1.72. The second-order valence-electron chi connectivity index (χ2n) is 4.93. The van der Waals surface area contributed by atoms with Crippen LogP contribution in [0.1, 0.15) is 18.7 Å². The Kier molecular flexibility index (Phi) is 6.87. The number of nitrogens with zero attached hydrogens (tertiary/aromatic N) is 3. The minimum atomic E-state index is 0.0727. The Morgan fingerprint density at radius 3 is 2.86 bits per heavy atom. The van der Waals surface area contributed by atoms with Gasteiger partial charge in [0.1, 0.15) is 0 Å². The molecule has 1 aromatic rings. The maximum absolute atomic E-state index is 8.75. The highest BCUT2D eigenvalue weighted by Gasteiger charge is 2.23. The summed E-state index contributed by atoms with van der Waals surface area (Å²) in [6.07, 6.45) is 2.03. The Labute approximate surface area is 124 Å². The number of aliphatic hydroxyl groups excluding tert-OH is 1. The number of piperidine rings is 1. The van der Waals surface area contributed by atoms with E-state index in [0.29, 0.717) is 31.7 Å². The van der Waals surface area contributed by atoms with Gasteiger partial charge in [-0.25, -0.2) is 0 Å². The van der Waals surface area contributed by atoms with Gasteiger partial charge in [-0.2, -0.15) is 0 Å². The molecule has 1 aliphatic rings. The average Bonchev–Trinajstić information content (AvgIpc) is 2.99. The molecule has 0 atom stereocenters. The molecule has 0 spiro atoms. The quantitative estimate of drug-likeness (QED) is 0.605. The van der Waals surface area contributed by atoms with Crippen molar-refractivity contribution in [1.29, 1.82) is 0 Å². The molecule has 2 N–H and O–H groups in total. The molecule has 120 valence electrons. The van der Waals surface area contributed by atoms with E-state index in [1.54, 1.807) is 7.11 Å². The number of nitrogens with one attached hydrogen (secondary N) is 1. The number of ether oxygens (including phenoxy) is 2. The minimum Gasteiger partial charge on any atom is -0.407 e. The maximum atomic E-state index is 8.75. The summed E-state index contributed by atoms with van der Waals surface area (Å²) in [5.74, 6) is 0.583. The maximum Gasteiger partial charge on any atom is 0.318 e. The molecule has 1 fully saturated rings. The normalized spacial score (nSPS) is 16.6. The molecule has 1 aliphatic heterocycles. The lowest BCUT2D eigenvalue weighted by molar-refractivity contribution is 0.0154. The van der Waals surface area contributed by atoms with Crippen LogP contribution in [0.25, 0.3) is 0 Å². The van der Waals surface area contributed by atoms with Gasteiger partial charge in [0.05, 0.1) is 32.5 Å². The molecule has 0 aromatic carbocycles. The van der Waals surface area contributed by atoms with E-state index in [0.717, 1.165) is 32.5 Å². The minimum absolute atomic E-state index is 0.0727. The summed E-state index contributed by atoms with van der Waals surface area (Å²) in [7, 11) is 1.67. The largest absolute Gasteiger partial charge is 0.407 e. The van der Waals surface area contributed by atoms with Crippen molar-refractivity contribution in [1.82, 2.24) is 15.5 Å². The zero-order valence-corrected chi connectivity index (χ0v) is 12.5. The topological polar surface area (TPSA) is 92.9 Å². The predicted molar refractivity (Wildman–Crippen MR) is 76.2 cm³/mol. The molecule has 2 rings (SSSR count). The molecular formula is C13H24N4O4. The van der Waals surface area contributed by atoms with Crippen LogP contribution >= 0.6 is 0 Å². The van der Waals surface area contributed by atoms with E-state index in [9.17, 15) is 0 Å². The van der Waals surface area contributed by atoms with Crippen LogP contribution in [0.5, 0.6) is 0 Å². The van der Waals surface area contributed by atoms with Gasteiger partial charge in [-0.15, -0.1) is 5.10 Å². The molecule has 0 aliphatic carbocycles. The first-order valence-electron chi connectivity index (χ1n) is 7.33. The molecule has 2 heterocycles. The number of methoxy groups -OCH3 is 1. The highest BCUT2D eigenvalue weighted by atomic mass is 16.5. The predicted octanol–water partition coefficient (Wildman–Crippen LogP) is -0.217. The van der Waals surface area contributed by atoms with Gasteiger partial charge < -0.3 is 29.2 Å². The van der Waals surface area contributed by atoms with Crippen LogP contribution in [0.4, 0.5) is 6.01 Å². The Hall–Kier alpha value is -1.22. The Morgan fingerprint density at radius 1 is 1.33 bits per heavy atom. The van der Waals surface area contributed by atoms with Crippen LogP contribution in [0.3, 0.4) is 0 Å². The van der Waals surface area contributed by atoms with Gasteiger partial charge in [-0.1, -0.05) is 5.10 Å². The molecule has 0 amide bonds. The van der Waals surface area contributed by atoms with Crippen molar-refractivity contribution in [3.63, 3.8) is 0 Å². The molecule has 1 saturated heterocycles. The third-order valence-electron chi connectivity index (χ3n) is 3.37. The van der Waals surface area contributed by atoms with Gasteiger partial charge in [0.15, 0.2) is 0 Å². The summed E-state index contributed by atoms with van der Waals surface area (Å²) in [4.78, 5) is 2.07. The van der Waals surface area contributed by atoms with Gasteiger partial charge in [0.2, 0.25) is 5.89 Å². The first-order chi connectivity index (χ1) is 10.3. The van der Waals surface area contributed by atoms with Gasteiger partial charge >= 0.3 is 6.01 Å². The van der Waals surface area contributed by atoms with Crippen LogP contribution < -0.4 is 10.2 Å². The molecular weight excluding hydrogens is 276 g/mol. The monoisotopic (exact) mass is 300 g/mol. The van der Waals surface area contributed by atoms with Gasteiger partial charge in [-0.3, -0.25) is 0 Å². The van der Waals surface area contributed by atoms with E-state index in [1.165, 1.54) is 0 Å². The summed E-state index contributed by atoms with van der Waals surface area (Å²) >= 11 is 0. The highest BCUT2D eigenvalue weighted by molar-refractivity contribution is 5.24. The lowest BCUT2D eigenvalue weighted by atomic mass is 10.1. The van der Waals surface area contributed by atoms with E-state index >= 15 is 0 Å². The number of rotatable bonds is 9. The van der Waals surface area contributed by atoms with E-state index in [-0.39, 0.29) is 12.7 Å². The van der Waals surface area contributed by atoms with Crippen LogP contribution in [-0.2, 0) is 16.0 Å². The fraction of sp³-hybridized carbons (Fsp3) is 0.846. The average molecular weight is 300 g/mol. The smallest absolute Gasteiger partial charge is 0.318 e. The summed E-state index contributed by atoms with van der Waals surface area (Å²) in [5.41, 5.74) is 0. The fourth-order valence-electron chi connectivity index (χ4n) is 2.25. The molecule has 8 nitrogen and oxygen atoms in total. The zero-order valence-electron chi connectivity index (χ0n) is 12.5. The van der Waals surface area contributed by atoms with Crippen molar-refractivity contribution in [2.45, 2.75) is 25.5 Å². The third-order valence-corrected chi connectivity index (χ3v) is 3.37. The van der Waals surface area contributed by atoms with Crippen LogP contribution in [-0.4, -0.2) is 68.0 Å². The summed E-state index contributed by atoms with van der Waals surface area (Å²) in [5, 5.41) is 20.0. The second-order valence-corrected chi connectivity index (χ2v) is 4.93. The molecule has 0 radical (unpaired) electrons. The standard InChI is InChI=1S/C13H24N4O4/c1-19-8-4-14-10-12-15-16-13(21-12)17-5-2-11(3-6-17)20-9-7-18/h11,14,18H,2-10H2,1H3. The van der Waals surface area contributed by atoms with E-state index in [1.807, 2.05) is 0 Å². The molecule has 21 heavy (non-hydrogen) atoms. The lowest BCUT2D eigenvalue weighted by Crippen LogP contribution is -2.37. The summed E-state index contributed by atoms with van der Waals surface area (Å²) in [6.45, 7) is 4.09. The van der Waals surface area contributed by atoms with Crippen molar-refractivity contribution >= 4 is 6.01 Å². The highest BCUT2D eigenvalue weighted by Crippen LogP contribution is 2.20. The van der Waals surface area contributed by atoms with Crippen LogP contribution in [0.2, 0.25) is 0 Å². The summed E-state index contributed by atoms with van der Waals surface area (Å²) in [6, 6.07) is 0.569. The first kappa shape index (κ1) is 16.2.